The maximum Gasteiger partial charge on any atom is 0.328 e. The van der Waals surface area contributed by atoms with Crippen LogP contribution >= 0.6 is 0 Å². The second kappa shape index (κ2) is 6.64. The second-order valence-electron chi connectivity index (χ2n) is 4.95. The van der Waals surface area contributed by atoms with Crippen LogP contribution in [0.5, 0.6) is 0 Å². The van der Waals surface area contributed by atoms with Crippen LogP contribution in [0.3, 0.4) is 0 Å². The Kier molecular flexibility index (Phi) is 5.48. The zero-order chi connectivity index (χ0) is 12.8. The van der Waals surface area contributed by atoms with Crippen LogP contribution < -0.4 is 11.0 Å². The van der Waals surface area contributed by atoms with Gasteiger partial charge in [-0.15, -0.1) is 0 Å². The molecule has 0 saturated heterocycles. The lowest BCUT2D eigenvalue weighted by Gasteiger charge is -2.17. The minimum atomic E-state index is 0.103. The van der Waals surface area contributed by atoms with Crippen LogP contribution in [0, 0.1) is 5.92 Å². The van der Waals surface area contributed by atoms with Crippen molar-refractivity contribution < 1.29 is 0 Å². The standard InChI is InChI=1S/C13H25N3O/c1-5-7-15-9-10-16(13(15)17)8-6-14-12(4)11(2)3/h9-12,14H,5-8H2,1-4H3. The van der Waals surface area contributed by atoms with Crippen molar-refractivity contribution in [3.63, 3.8) is 0 Å². The van der Waals surface area contributed by atoms with E-state index in [1.165, 1.54) is 0 Å². The molecule has 0 fully saturated rings. The fourth-order valence-corrected chi connectivity index (χ4v) is 1.68. The molecule has 0 spiro atoms. The van der Waals surface area contributed by atoms with Gasteiger partial charge < -0.3 is 5.32 Å². The van der Waals surface area contributed by atoms with Gasteiger partial charge in [0, 0.05) is 38.1 Å². The van der Waals surface area contributed by atoms with Gasteiger partial charge in [0.2, 0.25) is 0 Å². The van der Waals surface area contributed by atoms with Gasteiger partial charge in [-0.1, -0.05) is 20.8 Å². The smallest absolute Gasteiger partial charge is 0.312 e. The van der Waals surface area contributed by atoms with Crippen molar-refractivity contribution >= 4 is 0 Å². The largest absolute Gasteiger partial charge is 0.328 e. The number of rotatable bonds is 7. The molecule has 98 valence electrons. The Hall–Kier alpha value is -1.03. The summed E-state index contributed by atoms with van der Waals surface area (Å²) in [5.74, 6) is 0.622. The van der Waals surface area contributed by atoms with Gasteiger partial charge in [-0.2, -0.15) is 0 Å². The highest BCUT2D eigenvalue weighted by Crippen LogP contribution is 1.98. The van der Waals surface area contributed by atoms with Crippen molar-refractivity contribution in [2.75, 3.05) is 6.54 Å². The first-order valence-corrected chi connectivity index (χ1v) is 6.55. The Morgan fingerprint density at radius 3 is 2.29 bits per heavy atom. The van der Waals surface area contributed by atoms with Gasteiger partial charge in [0.15, 0.2) is 0 Å². The maximum atomic E-state index is 11.9. The lowest BCUT2D eigenvalue weighted by atomic mass is 10.1. The Morgan fingerprint density at radius 1 is 1.18 bits per heavy atom. The first-order valence-electron chi connectivity index (χ1n) is 6.55. The Labute approximate surface area is 104 Å². The number of nitrogens with zero attached hydrogens (tertiary/aromatic N) is 2. The van der Waals surface area contributed by atoms with E-state index >= 15 is 0 Å². The van der Waals surface area contributed by atoms with Gasteiger partial charge in [-0.05, 0) is 19.3 Å². The molecule has 0 aliphatic heterocycles. The van der Waals surface area contributed by atoms with E-state index in [0.29, 0.717) is 12.0 Å². The van der Waals surface area contributed by atoms with E-state index in [1.54, 1.807) is 9.13 Å². The molecule has 1 heterocycles. The highest BCUT2D eigenvalue weighted by atomic mass is 16.1. The molecule has 0 aliphatic carbocycles. The van der Waals surface area contributed by atoms with Crippen molar-refractivity contribution in [3.05, 3.63) is 22.9 Å². The molecular formula is C13H25N3O. The fraction of sp³-hybridized carbons (Fsp3) is 0.769. The van der Waals surface area contributed by atoms with E-state index in [-0.39, 0.29) is 5.69 Å². The van der Waals surface area contributed by atoms with Gasteiger partial charge in [0.05, 0.1) is 0 Å². The average molecular weight is 239 g/mol. The molecule has 4 nitrogen and oxygen atoms in total. The number of hydrogen-bond acceptors (Lipinski definition) is 2. The van der Waals surface area contributed by atoms with E-state index in [1.807, 2.05) is 12.4 Å². The molecular weight excluding hydrogens is 214 g/mol. The third-order valence-corrected chi connectivity index (χ3v) is 3.20. The molecule has 4 heteroatoms. The van der Waals surface area contributed by atoms with Crippen molar-refractivity contribution in [1.82, 2.24) is 14.5 Å². The van der Waals surface area contributed by atoms with Crippen LogP contribution in [0.2, 0.25) is 0 Å². The van der Waals surface area contributed by atoms with Crippen LogP contribution in [0.25, 0.3) is 0 Å². The highest BCUT2D eigenvalue weighted by Gasteiger charge is 2.06. The van der Waals surface area contributed by atoms with E-state index < -0.39 is 0 Å². The minimum absolute atomic E-state index is 0.103. The molecule has 0 amide bonds. The molecule has 0 radical (unpaired) electrons. The molecule has 1 aromatic rings. The zero-order valence-corrected chi connectivity index (χ0v) is 11.4. The van der Waals surface area contributed by atoms with Gasteiger partial charge in [0.1, 0.15) is 0 Å². The van der Waals surface area contributed by atoms with E-state index in [0.717, 1.165) is 26.1 Å². The Balaban J connectivity index is 2.45. The third-order valence-electron chi connectivity index (χ3n) is 3.20. The summed E-state index contributed by atoms with van der Waals surface area (Å²) in [6.45, 7) is 11.0. The van der Waals surface area contributed by atoms with Gasteiger partial charge in [0.25, 0.3) is 0 Å². The summed E-state index contributed by atoms with van der Waals surface area (Å²) in [6.07, 6.45) is 4.74. The first-order chi connectivity index (χ1) is 8.06. The quantitative estimate of drug-likeness (QED) is 0.786. The molecule has 1 atom stereocenters. The summed E-state index contributed by atoms with van der Waals surface area (Å²) in [5.41, 5.74) is 0.103. The van der Waals surface area contributed by atoms with E-state index in [2.05, 4.69) is 33.0 Å². The molecule has 1 aromatic heterocycles. The average Bonchev–Trinajstić information content (AvgIpc) is 2.62. The molecule has 1 rings (SSSR count). The third kappa shape index (κ3) is 4.04. The van der Waals surface area contributed by atoms with Crippen LogP contribution in [0.15, 0.2) is 17.2 Å². The van der Waals surface area contributed by atoms with Crippen LogP contribution in [-0.4, -0.2) is 21.7 Å². The number of nitrogens with one attached hydrogen (secondary N) is 1. The van der Waals surface area contributed by atoms with Gasteiger partial charge in [-0.3, -0.25) is 9.13 Å². The monoisotopic (exact) mass is 239 g/mol. The predicted molar refractivity (Wildman–Crippen MR) is 71.3 cm³/mol. The minimum Gasteiger partial charge on any atom is -0.312 e. The molecule has 0 aliphatic rings. The van der Waals surface area contributed by atoms with E-state index in [4.69, 9.17) is 0 Å². The first kappa shape index (κ1) is 14.0. The summed E-state index contributed by atoms with van der Waals surface area (Å²) in [6, 6.07) is 0.489. The van der Waals surface area contributed by atoms with Gasteiger partial charge in [-0.25, -0.2) is 4.79 Å². The summed E-state index contributed by atoms with van der Waals surface area (Å²) >= 11 is 0. The van der Waals surface area contributed by atoms with Crippen LogP contribution in [-0.2, 0) is 13.1 Å². The van der Waals surface area contributed by atoms with Gasteiger partial charge >= 0.3 is 5.69 Å². The van der Waals surface area contributed by atoms with Crippen molar-refractivity contribution in [3.8, 4) is 0 Å². The molecule has 0 saturated carbocycles. The normalized spacial score (nSPS) is 13.2. The lowest BCUT2D eigenvalue weighted by Crippen LogP contribution is -2.35. The number of imidazole rings is 1. The summed E-state index contributed by atoms with van der Waals surface area (Å²) in [7, 11) is 0. The molecule has 1 unspecified atom stereocenters. The molecule has 0 aromatic carbocycles. The number of hydrogen-bond donors (Lipinski definition) is 1. The summed E-state index contributed by atoms with van der Waals surface area (Å²) < 4.78 is 3.54. The maximum absolute atomic E-state index is 11.9. The number of aryl methyl sites for hydroxylation is 1. The summed E-state index contributed by atoms with van der Waals surface area (Å²) in [4.78, 5) is 11.9. The van der Waals surface area contributed by atoms with Crippen molar-refractivity contribution in [2.24, 2.45) is 5.92 Å². The summed E-state index contributed by atoms with van der Waals surface area (Å²) in [5, 5.41) is 3.43. The Bertz CT molecular complexity index is 378. The van der Waals surface area contributed by atoms with E-state index in [9.17, 15) is 4.79 Å². The highest BCUT2D eigenvalue weighted by molar-refractivity contribution is 4.81. The predicted octanol–water partition coefficient (Wildman–Crippen LogP) is 1.69. The lowest BCUT2D eigenvalue weighted by molar-refractivity contribution is 0.414. The SMILES string of the molecule is CCCn1ccn(CCNC(C)C(C)C)c1=O. The molecule has 1 N–H and O–H groups in total. The number of aromatic nitrogens is 2. The van der Waals surface area contributed by atoms with Crippen molar-refractivity contribution in [1.29, 1.82) is 0 Å². The van der Waals surface area contributed by atoms with Crippen LogP contribution in [0.4, 0.5) is 0 Å². The zero-order valence-electron chi connectivity index (χ0n) is 11.4. The topological polar surface area (TPSA) is 39.0 Å². The van der Waals surface area contributed by atoms with Crippen molar-refractivity contribution in [2.45, 2.75) is 53.2 Å². The Morgan fingerprint density at radius 2 is 1.76 bits per heavy atom. The fourth-order valence-electron chi connectivity index (χ4n) is 1.68. The second-order valence-corrected chi connectivity index (χ2v) is 4.95. The molecule has 17 heavy (non-hydrogen) atoms. The van der Waals surface area contributed by atoms with Crippen LogP contribution in [0.1, 0.15) is 34.1 Å². The molecule has 0 bridgehead atoms.